The minimum absolute atomic E-state index is 0.104. The molecule has 0 aliphatic carbocycles. The monoisotopic (exact) mass is 261 g/mol. The van der Waals surface area contributed by atoms with E-state index < -0.39 is 6.04 Å². The number of aliphatic hydroxyl groups excluding tert-OH is 1. The van der Waals surface area contributed by atoms with Crippen molar-refractivity contribution in [3.05, 3.63) is 42.0 Å². The standard InChI is InChI=1S/C13H15N3O3/c14-10(6-17)11-4-15-7-16(11)5-9-1-2-12-13(3-9)19-8-18-12/h1-4,7,10,17H,5-6,8,14H2. The van der Waals surface area contributed by atoms with Gasteiger partial charge < -0.3 is 24.9 Å². The van der Waals surface area contributed by atoms with Crippen molar-refractivity contribution in [3.63, 3.8) is 0 Å². The first kappa shape index (κ1) is 12.0. The largest absolute Gasteiger partial charge is 0.454 e. The first-order valence-corrected chi connectivity index (χ1v) is 6.03. The lowest BCUT2D eigenvalue weighted by atomic mass is 10.2. The number of fused-ring (bicyclic) bond motifs is 1. The van der Waals surface area contributed by atoms with E-state index in [1.165, 1.54) is 0 Å². The van der Waals surface area contributed by atoms with Crippen LogP contribution in [0.5, 0.6) is 11.5 Å². The molecular weight excluding hydrogens is 246 g/mol. The Morgan fingerprint density at radius 2 is 2.21 bits per heavy atom. The van der Waals surface area contributed by atoms with Gasteiger partial charge in [0, 0.05) is 12.7 Å². The van der Waals surface area contributed by atoms with Gasteiger partial charge in [0.25, 0.3) is 0 Å². The summed E-state index contributed by atoms with van der Waals surface area (Å²) in [6.07, 6.45) is 3.38. The van der Waals surface area contributed by atoms with Crippen LogP contribution in [-0.2, 0) is 6.54 Å². The van der Waals surface area contributed by atoms with Crippen molar-refractivity contribution >= 4 is 0 Å². The highest BCUT2D eigenvalue weighted by atomic mass is 16.7. The lowest BCUT2D eigenvalue weighted by Crippen LogP contribution is -2.19. The van der Waals surface area contributed by atoms with Crippen molar-refractivity contribution in [1.82, 2.24) is 9.55 Å². The Bertz CT molecular complexity index is 582. The second-order valence-corrected chi connectivity index (χ2v) is 4.42. The first-order chi connectivity index (χ1) is 9.28. The molecule has 2 aromatic rings. The number of hydrogen-bond donors (Lipinski definition) is 2. The van der Waals surface area contributed by atoms with Crippen molar-refractivity contribution in [2.45, 2.75) is 12.6 Å². The smallest absolute Gasteiger partial charge is 0.231 e. The van der Waals surface area contributed by atoms with E-state index in [1.807, 2.05) is 22.8 Å². The second kappa shape index (κ2) is 4.91. The quantitative estimate of drug-likeness (QED) is 0.844. The Morgan fingerprint density at radius 3 is 3.05 bits per heavy atom. The van der Waals surface area contributed by atoms with Crippen LogP contribution in [0.2, 0.25) is 0 Å². The van der Waals surface area contributed by atoms with Crippen molar-refractivity contribution in [2.24, 2.45) is 5.73 Å². The van der Waals surface area contributed by atoms with E-state index in [1.54, 1.807) is 12.5 Å². The van der Waals surface area contributed by atoms with E-state index >= 15 is 0 Å². The molecule has 0 radical (unpaired) electrons. The predicted octanol–water partition coefficient (Wildman–Crippen LogP) is 0.652. The fraction of sp³-hybridized carbons (Fsp3) is 0.308. The fourth-order valence-electron chi connectivity index (χ4n) is 2.10. The summed E-state index contributed by atoms with van der Waals surface area (Å²) in [6, 6.07) is 5.38. The van der Waals surface area contributed by atoms with E-state index in [0.717, 1.165) is 22.8 Å². The Balaban J connectivity index is 1.84. The summed E-state index contributed by atoms with van der Waals surface area (Å²) < 4.78 is 12.5. The van der Waals surface area contributed by atoms with Gasteiger partial charge in [0.2, 0.25) is 6.79 Å². The van der Waals surface area contributed by atoms with Crippen LogP contribution in [0.15, 0.2) is 30.7 Å². The van der Waals surface area contributed by atoms with Gasteiger partial charge in [-0.25, -0.2) is 4.98 Å². The highest BCUT2D eigenvalue weighted by Crippen LogP contribution is 2.32. The molecule has 6 heteroatoms. The molecule has 0 bridgehead atoms. The van der Waals surface area contributed by atoms with E-state index in [9.17, 15) is 0 Å². The zero-order valence-corrected chi connectivity index (χ0v) is 10.3. The minimum Gasteiger partial charge on any atom is -0.454 e. The van der Waals surface area contributed by atoms with Crippen LogP contribution in [-0.4, -0.2) is 28.1 Å². The predicted molar refractivity (Wildman–Crippen MR) is 67.9 cm³/mol. The number of nitrogens with two attached hydrogens (primary N) is 1. The van der Waals surface area contributed by atoms with Gasteiger partial charge in [0.1, 0.15) is 0 Å². The van der Waals surface area contributed by atoms with Gasteiger partial charge in [-0.3, -0.25) is 0 Å². The summed E-state index contributed by atoms with van der Waals surface area (Å²) in [7, 11) is 0. The summed E-state index contributed by atoms with van der Waals surface area (Å²) in [5.41, 5.74) is 7.70. The Hall–Kier alpha value is -2.05. The van der Waals surface area contributed by atoms with Crippen LogP contribution in [0.4, 0.5) is 0 Å². The molecule has 0 amide bonds. The molecule has 1 aromatic carbocycles. The highest BCUT2D eigenvalue weighted by molar-refractivity contribution is 5.44. The third-order valence-electron chi connectivity index (χ3n) is 3.11. The molecule has 3 rings (SSSR count). The number of nitrogens with zero attached hydrogens (tertiary/aromatic N) is 2. The molecule has 1 aromatic heterocycles. The normalized spacial score (nSPS) is 14.6. The Morgan fingerprint density at radius 1 is 1.37 bits per heavy atom. The van der Waals surface area contributed by atoms with Gasteiger partial charge in [-0.1, -0.05) is 6.07 Å². The number of ether oxygens (including phenoxy) is 2. The maximum absolute atomic E-state index is 9.12. The van der Waals surface area contributed by atoms with Gasteiger partial charge >= 0.3 is 0 Å². The summed E-state index contributed by atoms with van der Waals surface area (Å²) >= 11 is 0. The van der Waals surface area contributed by atoms with Crippen LogP contribution in [0.25, 0.3) is 0 Å². The number of rotatable bonds is 4. The van der Waals surface area contributed by atoms with Crippen molar-refractivity contribution in [2.75, 3.05) is 13.4 Å². The third-order valence-corrected chi connectivity index (χ3v) is 3.11. The van der Waals surface area contributed by atoms with Gasteiger partial charge in [0.05, 0.1) is 24.7 Å². The molecule has 1 unspecified atom stereocenters. The SMILES string of the molecule is NC(CO)c1cncn1Cc1ccc2c(c1)OCO2. The average Bonchev–Trinajstić information content (AvgIpc) is 3.06. The van der Waals surface area contributed by atoms with Crippen LogP contribution < -0.4 is 15.2 Å². The lowest BCUT2D eigenvalue weighted by Gasteiger charge is -2.12. The van der Waals surface area contributed by atoms with Crippen molar-refractivity contribution < 1.29 is 14.6 Å². The van der Waals surface area contributed by atoms with Crippen molar-refractivity contribution in [3.8, 4) is 11.5 Å². The van der Waals surface area contributed by atoms with Crippen LogP contribution in [0.1, 0.15) is 17.3 Å². The summed E-state index contributed by atoms with van der Waals surface area (Å²) in [6.45, 7) is 0.789. The zero-order chi connectivity index (χ0) is 13.2. The van der Waals surface area contributed by atoms with E-state index in [0.29, 0.717) is 6.54 Å². The number of hydrogen-bond acceptors (Lipinski definition) is 5. The zero-order valence-electron chi connectivity index (χ0n) is 10.3. The van der Waals surface area contributed by atoms with Crippen LogP contribution in [0.3, 0.4) is 0 Å². The molecule has 0 fully saturated rings. The molecule has 0 saturated heterocycles. The lowest BCUT2D eigenvalue weighted by molar-refractivity contribution is 0.174. The molecule has 1 atom stereocenters. The number of aliphatic hydroxyl groups is 1. The van der Waals surface area contributed by atoms with Gasteiger partial charge in [-0.15, -0.1) is 0 Å². The van der Waals surface area contributed by atoms with E-state index in [-0.39, 0.29) is 13.4 Å². The van der Waals surface area contributed by atoms with E-state index in [4.69, 9.17) is 20.3 Å². The van der Waals surface area contributed by atoms with Gasteiger partial charge in [-0.2, -0.15) is 0 Å². The molecule has 2 heterocycles. The fourth-order valence-corrected chi connectivity index (χ4v) is 2.10. The average molecular weight is 261 g/mol. The molecule has 6 nitrogen and oxygen atoms in total. The molecule has 100 valence electrons. The Labute approximate surface area is 110 Å². The van der Waals surface area contributed by atoms with Gasteiger partial charge in [0.15, 0.2) is 11.5 Å². The summed E-state index contributed by atoms with van der Waals surface area (Å²) in [4.78, 5) is 4.08. The molecule has 0 saturated carbocycles. The molecular formula is C13H15N3O3. The van der Waals surface area contributed by atoms with Crippen LogP contribution in [0, 0.1) is 0 Å². The third kappa shape index (κ3) is 2.27. The summed E-state index contributed by atoms with van der Waals surface area (Å²) in [5.74, 6) is 1.52. The topological polar surface area (TPSA) is 82.5 Å². The number of imidazole rings is 1. The molecule has 1 aliphatic rings. The molecule has 1 aliphatic heterocycles. The molecule has 0 spiro atoms. The molecule has 3 N–H and O–H groups in total. The van der Waals surface area contributed by atoms with E-state index in [2.05, 4.69) is 4.98 Å². The number of aromatic nitrogens is 2. The van der Waals surface area contributed by atoms with Crippen LogP contribution >= 0.6 is 0 Å². The Kier molecular flexibility index (Phi) is 3.10. The maximum Gasteiger partial charge on any atom is 0.231 e. The van der Waals surface area contributed by atoms with Gasteiger partial charge in [-0.05, 0) is 17.7 Å². The molecule has 19 heavy (non-hydrogen) atoms. The van der Waals surface area contributed by atoms with Crippen molar-refractivity contribution in [1.29, 1.82) is 0 Å². The highest BCUT2D eigenvalue weighted by Gasteiger charge is 2.15. The second-order valence-electron chi connectivity index (χ2n) is 4.42. The number of benzene rings is 1. The summed E-state index contributed by atoms with van der Waals surface area (Å²) in [5, 5.41) is 9.12. The maximum atomic E-state index is 9.12. The minimum atomic E-state index is -0.420. The first-order valence-electron chi connectivity index (χ1n) is 6.03.